The van der Waals surface area contributed by atoms with Crippen molar-refractivity contribution < 1.29 is 22.6 Å². The van der Waals surface area contributed by atoms with Crippen LogP contribution in [0.1, 0.15) is 29.7 Å². The molecule has 0 saturated carbocycles. The highest BCUT2D eigenvalue weighted by Gasteiger charge is 2.32. The van der Waals surface area contributed by atoms with Crippen LogP contribution in [-0.2, 0) is 12.7 Å². The number of hydrogen-bond donors (Lipinski definition) is 1. The lowest BCUT2D eigenvalue weighted by molar-refractivity contribution is -0.138. The van der Waals surface area contributed by atoms with Crippen molar-refractivity contribution in [2.75, 3.05) is 14.2 Å². The molecule has 2 rings (SSSR count). The molecule has 24 heavy (non-hydrogen) atoms. The minimum Gasteiger partial charge on any atom is -0.493 e. The van der Waals surface area contributed by atoms with Gasteiger partial charge >= 0.3 is 6.18 Å². The van der Waals surface area contributed by atoms with Crippen molar-refractivity contribution in [2.45, 2.75) is 25.7 Å². The van der Waals surface area contributed by atoms with Crippen LogP contribution in [0.5, 0.6) is 11.5 Å². The number of ether oxygens (including phenoxy) is 2. The number of methoxy groups -OCH3 is 2. The van der Waals surface area contributed by atoms with Crippen LogP contribution in [0.25, 0.3) is 0 Å². The Morgan fingerprint density at radius 1 is 1.00 bits per heavy atom. The van der Waals surface area contributed by atoms with E-state index in [1.54, 1.807) is 26.4 Å². The quantitative estimate of drug-likeness (QED) is 0.836. The maximum Gasteiger partial charge on any atom is 0.416 e. The van der Waals surface area contributed by atoms with Gasteiger partial charge in [0.05, 0.1) is 19.8 Å². The highest BCUT2D eigenvalue weighted by Crippen LogP contribution is 2.33. The Kier molecular flexibility index (Phi) is 5.72. The fourth-order valence-corrected chi connectivity index (χ4v) is 2.45. The molecule has 0 aliphatic heterocycles. The SMILES string of the molecule is COc1ccc(C(C)NCc2ccccc2C(F)(F)F)cc1OC. The molecule has 0 radical (unpaired) electrons. The van der Waals surface area contributed by atoms with Crippen LogP contribution in [0.4, 0.5) is 13.2 Å². The first-order valence-electron chi connectivity index (χ1n) is 7.47. The van der Waals surface area contributed by atoms with Gasteiger partial charge in [0.2, 0.25) is 0 Å². The van der Waals surface area contributed by atoms with Crippen molar-refractivity contribution in [3.63, 3.8) is 0 Å². The summed E-state index contributed by atoms with van der Waals surface area (Å²) in [6.07, 6.45) is -4.36. The summed E-state index contributed by atoms with van der Waals surface area (Å²) in [6, 6.07) is 10.9. The van der Waals surface area contributed by atoms with Gasteiger partial charge in [0.15, 0.2) is 11.5 Å². The van der Waals surface area contributed by atoms with Gasteiger partial charge in [-0.25, -0.2) is 0 Å². The Balaban J connectivity index is 2.13. The number of benzene rings is 2. The fourth-order valence-electron chi connectivity index (χ4n) is 2.45. The van der Waals surface area contributed by atoms with Crippen molar-refractivity contribution in [3.8, 4) is 11.5 Å². The summed E-state index contributed by atoms with van der Waals surface area (Å²) in [5, 5.41) is 3.12. The van der Waals surface area contributed by atoms with Gasteiger partial charge < -0.3 is 14.8 Å². The summed E-state index contributed by atoms with van der Waals surface area (Å²) in [5.41, 5.74) is 0.506. The monoisotopic (exact) mass is 339 g/mol. The molecule has 1 atom stereocenters. The van der Waals surface area contributed by atoms with Gasteiger partial charge in [-0.1, -0.05) is 24.3 Å². The van der Waals surface area contributed by atoms with Crippen molar-refractivity contribution in [1.82, 2.24) is 5.32 Å². The van der Waals surface area contributed by atoms with E-state index in [1.807, 2.05) is 19.1 Å². The van der Waals surface area contributed by atoms with E-state index in [2.05, 4.69) is 5.32 Å². The van der Waals surface area contributed by atoms with E-state index in [1.165, 1.54) is 12.1 Å². The first kappa shape index (κ1) is 18.1. The van der Waals surface area contributed by atoms with E-state index >= 15 is 0 Å². The second-order valence-corrected chi connectivity index (χ2v) is 5.37. The van der Waals surface area contributed by atoms with Gasteiger partial charge in [0.25, 0.3) is 0 Å². The van der Waals surface area contributed by atoms with Crippen LogP contribution in [0, 0.1) is 0 Å². The average Bonchev–Trinajstić information content (AvgIpc) is 2.58. The molecule has 0 aliphatic rings. The molecule has 0 amide bonds. The number of nitrogens with one attached hydrogen (secondary N) is 1. The van der Waals surface area contributed by atoms with E-state index in [9.17, 15) is 13.2 Å². The molecule has 0 aromatic heterocycles. The maximum atomic E-state index is 13.0. The molecular formula is C18H20F3NO2. The third-order valence-electron chi connectivity index (χ3n) is 3.83. The number of hydrogen-bond acceptors (Lipinski definition) is 3. The zero-order valence-electron chi connectivity index (χ0n) is 13.8. The lowest BCUT2D eigenvalue weighted by Gasteiger charge is -2.18. The Hall–Kier alpha value is -2.21. The Morgan fingerprint density at radius 2 is 1.67 bits per heavy atom. The largest absolute Gasteiger partial charge is 0.493 e. The third-order valence-corrected chi connectivity index (χ3v) is 3.83. The molecule has 0 heterocycles. The molecule has 0 bridgehead atoms. The minimum absolute atomic E-state index is 0.116. The van der Waals surface area contributed by atoms with Crippen LogP contribution in [-0.4, -0.2) is 14.2 Å². The highest BCUT2D eigenvalue weighted by atomic mass is 19.4. The Bertz CT molecular complexity index is 686. The fraction of sp³-hybridized carbons (Fsp3) is 0.333. The normalized spacial score (nSPS) is 12.8. The minimum atomic E-state index is -4.36. The molecule has 1 unspecified atom stereocenters. The molecule has 3 nitrogen and oxygen atoms in total. The second-order valence-electron chi connectivity index (χ2n) is 5.37. The molecule has 6 heteroatoms. The lowest BCUT2D eigenvalue weighted by Crippen LogP contribution is -2.20. The standard InChI is InChI=1S/C18H20F3NO2/c1-12(13-8-9-16(23-2)17(10-13)24-3)22-11-14-6-4-5-7-15(14)18(19,20)21/h4-10,12,22H,11H2,1-3H3. The zero-order chi connectivity index (χ0) is 17.7. The van der Waals surface area contributed by atoms with E-state index in [4.69, 9.17) is 9.47 Å². The Labute approximate surface area is 139 Å². The first-order valence-corrected chi connectivity index (χ1v) is 7.47. The maximum absolute atomic E-state index is 13.0. The number of halogens is 3. The molecule has 0 aliphatic carbocycles. The lowest BCUT2D eigenvalue weighted by atomic mass is 10.0. The van der Waals surface area contributed by atoms with E-state index < -0.39 is 11.7 Å². The van der Waals surface area contributed by atoms with Gasteiger partial charge in [-0.05, 0) is 36.2 Å². The van der Waals surface area contributed by atoms with Crippen molar-refractivity contribution >= 4 is 0 Å². The molecule has 0 saturated heterocycles. The van der Waals surface area contributed by atoms with E-state index in [-0.39, 0.29) is 18.2 Å². The van der Waals surface area contributed by atoms with Gasteiger partial charge in [0.1, 0.15) is 0 Å². The first-order chi connectivity index (χ1) is 11.4. The molecule has 1 N–H and O–H groups in total. The van der Waals surface area contributed by atoms with Crippen LogP contribution in [0.15, 0.2) is 42.5 Å². The van der Waals surface area contributed by atoms with Crippen LogP contribution in [0.3, 0.4) is 0 Å². The van der Waals surface area contributed by atoms with Crippen LogP contribution >= 0.6 is 0 Å². The topological polar surface area (TPSA) is 30.5 Å². The molecule has 130 valence electrons. The summed E-state index contributed by atoms with van der Waals surface area (Å²) in [4.78, 5) is 0. The molecule has 0 fully saturated rings. The molecule has 2 aromatic carbocycles. The predicted octanol–water partition coefficient (Wildman–Crippen LogP) is 4.57. The highest BCUT2D eigenvalue weighted by molar-refractivity contribution is 5.43. The third kappa shape index (κ3) is 4.20. The van der Waals surface area contributed by atoms with Gasteiger partial charge in [0, 0.05) is 12.6 Å². The predicted molar refractivity (Wildman–Crippen MR) is 86.2 cm³/mol. The van der Waals surface area contributed by atoms with Crippen molar-refractivity contribution in [3.05, 3.63) is 59.2 Å². The Morgan fingerprint density at radius 3 is 2.29 bits per heavy atom. The van der Waals surface area contributed by atoms with Crippen molar-refractivity contribution in [2.24, 2.45) is 0 Å². The van der Waals surface area contributed by atoms with Gasteiger partial charge in [-0.15, -0.1) is 0 Å². The molecular weight excluding hydrogens is 319 g/mol. The van der Waals surface area contributed by atoms with Crippen LogP contribution in [0.2, 0.25) is 0 Å². The molecule has 0 spiro atoms. The average molecular weight is 339 g/mol. The molecule has 2 aromatic rings. The number of rotatable bonds is 6. The summed E-state index contributed by atoms with van der Waals surface area (Å²) < 4.78 is 49.5. The smallest absolute Gasteiger partial charge is 0.416 e. The summed E-state index contributed by atoms with van der Waals surface area (Å²) in [5.74, 6) is 1.19. The van der Waals surface area contributed by atoms with Crippen molar-refractivity contribution in [1.29, 1.82) is 0 Å². The zero-order valence-corrected chi connectivity index (χ0v) is 13.8. The number of alkyl halides is 3. The van der Waals surface area contributed by atoms with E-state index in [0.717, 1.165) is 11.6 Å². The second kappa shape index (κ2) is 7.57. The van der Waals surface area contributed by atoms with Gasteiger partial charge in [-0.3, -0.25) is 0 Å². The summed E-state index contributed by atoms with van der Waals surface area (Å²) in [7, 11) is 3.09. The summed E-state index contributed by atoms with van der Waals surface area (Å²) in [6.45, 7) is 2.00. The summed E-state index contributed by atoms with van der Waals surface area (Å²) >= 11 is 0. The van der Waals surface area contributed by atoms with Crippen LogP contribution < -0.4 is 14.8 Å². The van der Waals surface area contributed by atoms with E-state index in [0.29, 0.717) is 11.5 Å². The van der Waals surface area contributed by atoms with Gasteiger partial charge in [-0.2, -0.15) is 13.2 Å².